The molecule has 0 bridgehead atoms. The fourth-order valence-corrected chi connectivity index (χ4v) is 5.23. The van der Waals surface area contributed by atoms with Crippen molar-refractivity contribution in [3.05, 3.63) is 52.1 Å². The number of amides is 1. The number of Topliss-reactive ketones (excluding diaryl/α,β-unsaturated/α-hetero) is 1. The quantitative estimate of drug-likeness (QED) is 0.182. The van der Waals surface area contributed by atoms with Crippen LogP contribution in [0, 0.1) is 16.7 Å². The van der Waals surface area contributed by atoms with Gasteiger partial charge in [0.05, 0.1) is 38.0 Å². The topological polar surface area (TPSA) is 162 Å². The average molecular weight is 635 g/mol. The van der Waals surface area contributed by atoms with Crippen LogP contribution in [0.2, 0.25) is 0 Å². The number of ether oxygens (including phenoxy) is 3. The summed E-state index contributed by atoms with van der Waals surface area (Å²) in [5, 5.41) is 29.2. The molecule has 3 rings (SSSR count). The van der Waals surface area contributed by atoms with Gasteiger partial charge in [-0.3, -0.25) is 19.8 Å². The maximum atomic E-state index is 13.2. The average Bonchev–Trinajstić information content (AvgIpc) is 3.30. The molecule has 1 aliphatic rings. The Hall–Kier alpha value is -4.59. The van der Waals surface area contributed by atoms with Crippen LogP contribution in [0.4, 0.5) is 0 Å². The molecule has 3 N–H and O–H groups in total. The number of unbranched alkanes of at least 4 members (excludes halogenated alkanes) is 2. The van der Waals surface area contributed by atoms with E-state index in [9.17, 15) is 14.4 Å². The number of aliphatic carboxylic acids is 1. The lowest BCUT2D eigenvalue weighted by Crippen LogP contribution is -2.30. The molecule has 1 amide bonds. The van der Waals surface area contributed by atoms with E-state index in [-0.39, 0.29) is 42.3 Å². The van der Waals surface area contributed by atoms with Gasteiger partial charge in [-0.1, -0.05) is 26.8 Å². The van der Waals surface area contributed by atoms with Crippen molar-refractivity contribution in [3.8, 4) is 23.3 Å². The van der Waals surface area contributed by atoms with Gasteiger partial charge in [0, 0.05) is 44.0 Å². The van der Waals surface area contributed by atoms with Crippen molar-refractivity contribution in [2.45, 2.75) is 84.6 Å². The van der Waals surface area contributed by atoms with E-state index in [0.29, 0.717) is 86.8 Å². The first-order valence-electron chi connectivity index (χ1n) is 15.8. The number of amidine groups is 1. The van der Waals surface area contributed by atoms with Crippen molar-refractivity contribution in [2.24, 2.45) is 0 Å². The Kier molecular flexibility index (Phi) is 13.0. The molecular formula is C35H46N4O7. The summed E-state index contributed by atoms with van der Waals surface area (Å²) in [6.07, 6.45) is 2.79. The molecule has 0 atom stereocenters. The first-order valence-corrected chi connectivity index (χ1v) is 15.8. The lowest BCUT2D eigenvalue weighted by atomic mass is 9.84. The van der Waals surface area contributed by atoms with Gasteiger partial charge in [-0.05, 0) is 67.3 Å². The number of nitrogens with one attached hydrogen (secondary N) is 2. The van der Waals surface area contributed by atoms with E-state index in [2.05, 4.69) is 32.2 Å². The Morgan fingerprint density at radius 2 is 1.76 bits per heavy atom. The van der Waals surface area contributed by atoms with Crippen LogP contribution in [-0.4, -0.2) is 66.9 Å². The summed E-state index contributed by atoms with van der Waals surface area (Å²) in [7, 11) is 1.54. The van der Waals surface area contributed by atoms with E-state index in [0.717, 1.165) is 16.7 Å². The van der Waals surface area contributed by atoms with Crippen LogP contribution in [0.1, 0.15) is 98.8 Å². The highest BCUT2D eigenvalue weighted by atomic mass is 16.5. The molecule has 0 spiro atoms. The second-order valence-electron chi connectivity index (χ2n) is 12.3. The molecule has 0 saturated carbocycles. The molecule has 11 nitrogen and oxygen atoms in total. The minimum Gasteiger partial charge on any atom is -0.493 e. The zero-order chi connectivity index (χ0) is 33.9. The van der Waals surface area contributed by atoms with Crippen LogP contribution in [0.3, 0.4) is 0 Å². The third kappa shape index (κ3) is 9.70. The number of nitrogens with zero attached hydrogens (tertiary/aromatic N) is 2. The lowest BCUT2D eigenvalue weighted by molar-refractivity contribution is -0.137. The number of hydrogen-bond acceptors (Lipinski definition) is 8. The minimum atomic E-state index is -0.840. The number of benzene rings is 2. The van der Waals surface area contributed by atoms with Crippen molar-refractivity contribution >= 4 is 23.5 Å². The molecule has 0 fully saturated rings. The monoisotopic (exact) mass is 634 g/mol. The van der Waals surface area contributed by atoms with Crippen LogP contribution in [0.15, 0.2) is 24.3 Å². The SMILES string of the molecule is CCOc1cc2c(cc1C(=O)NC)C(=N)N(CC(=O)CCc1cc(OCCCC#N)c(OCCCCC(=O)O)c(C(C)(C)C)c1)C2. The van der Waals surface area contributed by atoms with Gasteiger partial charge in [-0.15, -0.1) is 0 Å². The summed E-state index contributed by atoms with van der Waals surface area (Å²) in [5.41, 5.74) is 3.31. The second kappa shape index (κ2) is 16.6. The zero-order valence-electron chi connectivity index (χ0n) is 27.6. The number of carboxylic acids is 1. The molecular weight excluding hydrogens is 588 g/mol. The first kappa shape index (κ1) is 35.9. The van der Waals surface area contributed by atoms with E-state index in [1.54, 1.807) is 24.1 Å². The van der Waals surface area contributed by atoms with Crippen LogP contribution in [-0.2, 0) is 28.0 Å². The Bertz CT molecular complexity index is 1470. The largest absolute Gasteiger partial charge is 0.493 e. The van der Waals surface area contributed by atoms with Crippen molar-refractivity contribution in [1.29, 1.82) is 10.7 Å². The smallest absolute Gasteiger partial charge is 0.303 e. The summed E-state index contributed by atoms with van der Waals surface area (Å²) in [6, 6.07) is 9.48. The van der Waals surface area contributed by atoms with Gasteiger partial charge in [0.25, 0.3) is 5.91 Å². The summed E-state index contributed by atoms with van der Waals surface area (Å²) in [6.45, 7) is 9.55. The van der Waals surface area contributed by atoms with Crippen molar-refractivity contribution in [2.75, 3.05) is 33.4 Å². The summed E-state index contributed by atoms with van der Waals surface area (Å²) in [4.78, 5) is 38.3. The van der Waals surface area contributed by atoms with Gasteiger partial charge in [0.2, 0.25) is 0 Å². The Balaban J connectivity index is 1.75. The minimum absolute atomic E-state index is 0.0262. The molecule has 2 aromatic carbocycles. The van der Waals surface area contributed by atoms with E-state index in [4.69, 9.17) is 30.0 Å². The number of rotatable bonds is 18. The van der Waals surface area contributed by atoms with E-state index < -0.39 is 5.97 Å². The summed E-state index contributed by atoms with van der Waals surface area (Å²) in [5.74, 6) is 0.625. The number of aryl methyl sites for hydroxylation is 1. The third-order valence-corrected chi connectivity index (χ3v) is 7.61. The van der Waals surface area contributed by atoms with Gasteiger partial charge in [0.1, 0.15) is 11.6 Å². The third-order valence-electron chi connectivity index (χ3n) is 7.61. The molecule has 1 heterocycles. The highest BCUT2D eigenvalue weighted by molar-refractivity contribution is 6.06. The van der Waals surface area contributed by atoms with E-state index in [1.807, 2.05) is 19.1 Å². The first-order chi connectivity index (χ1) is 21.9. The number of carbonyl (C=O) groups is 3. The maximum Gasteiger partial charge on any atom is 0.303 e. The molecule has 0 saturated heterocycles. The molecule has 0 unspecified atom stereocenters. The number of fused-ring (bicyclic) bond motifs is 1. The molecule has 2 aromatic rings. The van der Waals surface area contributed by atoms with Gasteiger partial charge in [-0.2, -0.15) is 5.26 Å². The van der Waals surface area contributed by atoms with Crippen LogP contribution in [0.5, 0.6) is 17.2 Å². The number of carbonyl (C=O) groups excluding carboxylic acids is 2. The van der Waals surface area contributed by atoms with E-state index in [1.165, 1.54) is 0 Å². The predicted molar refractivity (Wildman–Crippen MR) is 174 cm³/mol. The van der Waals surface area contributed by atoms with Crippen molar-refractivity contribution in [3.63, 3.8) is 0 Å². The fourth-order valence-electron chi connectivity index (χ4n) is 5.23. The number of ketones is 1. The molecule has 1 aliphatic heterocycles. The number of hydrogen-bond donors (Lipinski definition) is 3. The van der Waals surface area contributed by atoms with Crippen LogP contribution < -0.4 is 19.5 Å². The lowest BCUT2D eigenvalue weighted by Gasteiger charge is -2.26. The predicted octanol–water partition coefficient (Wildman–Crippen LogP) is 5.40. The normalized spacial score (nSPS) is 12.3. The highest BCUT2D eigenvalue weighted by Gasteiger charge is 2.29. The molecule has 0 aromatic heterocycles. The molecule has 11 heteroatoms. The number of carboxylic acid groups (broad SMARTS) is 1. The Morgan fingerprint density at radius 1 is 1.02 bits per heavy atom. The highest BCUT2D eigenvalue weighted by Crippen LogP contribution is 2.40. The fraction of sp³-hybridized carbons (Fsp3) is 0.514. The van der Waals surface area contributed by atoms with Crippen LogP contribution >= 0.6 is 0 Å². The number of nitriles is 1. The van der Waals surface area contributed by atoms with Crippen molar-refractivity contribution in [1.82, 2.24) is 10.2 Å². The molecule has 248 valence electrons. The summed E-state index contributed by atoms with van der Waals surface area (Å²) >= 11 is 0. The molecule has 0 aliphatic carbocycles. The Labute approximate surface area is 271 Å². The van der Waals surface area contributed by atoms with Gasteiger partial charge < -0.3 is 29.5 Å². The van der Waals surface area contributed by atoms with Crippen molar-refractivity contribution < 1.29 is 33.7 Å². The van der Waals surface area contributed by atoms with Crippen LogP contribution in [0.25, 0.3) is 0 Å². The summed E-state index contributed by atoms with van der Waals surface area (Å²) < 4.78 is 18.0. The van der Waals surface area contributed by atoms with Gasteiger partial charge >= 0.3 is 5.97 Å². The standard InChI is InChI=1S/C35H46N4O7/c1-6-44-29-19-24-21-39(33(37)26(24)20-27(29)34(43)38-5)22-25(40)13-12-23-17-28(35(2,3)4)32(46-16-9-7-11-31(41)42)30(18-23)45-15-10-8-14-36/h17-20,37H,6-13,15-16,21-22H2,1-5H3,(H,38,43)(H,41,42). The van der Waals surface area contributed by atoms with Gasteiger partial charge in [0.15, 0.2) is 17.3 Å². The molecule has 46 heavy (non-hydrogen) atoms. The Morgan fingerprint density at radius 3 is 2.41 bits per heavy atom. The maximum absolute atomic E-state index is 13.2. The zero-order valence-corrected chi connectivity index (χ0v) is 27.6. The molecule has 0 radical (unpaired) electrons. The van der Waals surface area contributed by atoms with Gasteiger partial charge in [-0.25, -0.2) is 0 Å². The second-order valence-corrected chi connectivity index (χ2v) is 12.3. The van der Waals surface area contributed by atoms with E-state index >= 15 is 0 Å².